The molecule has 24 heavy (non-hydrogen) atoms. The number of anilines is 1. The molecule has 0 aromatic heterocycles. The van der Waals surface area contributed by atoms with Crippen molar-refractivity contribution in [3.63, 3.8) is 0 Å². The van der Waals surface area contributed by atoms with Gasteiger partial charge in [-0.15, -0.1) is 0 Å². The van der Waals surface area contributed by atoms with Crippen molar-refractivity contribution in [1.29, 1.82) is 0 Å². The van der Waals surface area contributed by atoms with Crippen LogP contribution in [0.15, 0.2) is 48.5 Å². The first kappa shape index (κ1) is 17.8. The molecule has 2 rings (SSSR count). The summed E-state index contributed by atoms with van der Waals surface area (Å²) in [6.07, 6.45) is 2.93. The number of nitrogens with one attached hydrogen (secondary N) is 1. The van der Waals surface area contributed by atoms with E-state index in [4.69, 9.17) is 33.7 Å². The average Bonchev–Trinajstić information content (AvgIpc) is 2.55. The van der Waals surface area contributed by atoms with Gasteiger partial charge in [-0.1, -0.05) is 23.2 Å². The third-order valence-corrected chi connectivity index (χ3v) is 3.45. The highest BCUT2D eigenvalue weighted by Gasteiger charge is 2.02. The standard InChI is InChI=1S/C17H14Cl2N2O3/c18-12-2-7-15(19)11(9-12)1-8-17(23)21-13-3-5-14(6-4-13)24-10-16(20)22/h1-9H,10H2,(H2,20,22)(H,21,23)/b8-1+. The van der Waals surface area contributed by atoms with Crippen LogP contribution in [0.1, 0.15) is 5.56 Å². The van der Waals surface area contributed by atoms with Crippen LogP contribution in [0.4, 0.5) is 5.69 Å². The van der Waals surface area contributed by atoms with Gasteiger partial charge in [-0.05, 0) is 54.1 Å². The van der Waals surface area contributed by atoms with E-state index < -0.39 is 5.91 Å². The molecule has 0 heterocycles. The topological polar surface area (TPSA) is 81.4 Å². The van der Waals surface area contributed by atoms with E-state index in [0.29, 0.717) is 27.0 Å². The van der Waals surface area contributed by atoms with Crippen LogP contribution < -0.4 is 15.8 Å². The van der Waals surface area contributed by atoms with Crippen LogP contribution in [0.2, 0.25) is 10.0 Å². The molecule has 0 atom stereocenters. The third-order valence-electron chi connectivity index (χ3n) is 2.88. The van der Waals surface area contributed by atoms with Gasteiger partial charge in [-0.2, -0.15) is 0 Å². The molecular formula is C17H14Cl2N2O3. The van der Waals surface area contributed by atoms with Crippen molar-refractivity contribution in [1.82, 2.24) is 0 Å². The minimum absolute atomic E-state index is 0.200. The first-order valence-electron chi connectivity index (χ1n) is 6.89. The Kier molecular flexibility index (Phi) is 6.23. The van der Waals surface area contributed by atoms with Crippen molar-refractivity contribution in [3.8, 4) is 5.75 Å². The minimum Gasteiger partial charge on any atom is -0.484 e. The largest absolute Gasteiger partial charge is 0.484 e. The Balaban J connectivity index is 1.95. The molecular weight excluding hydrogens is 351 g/mol. The number of hydrogen-bond acceptors (Lipinski definition) is 3. The number of amides is 2. The van der Waals surface area contributed by atoms with Gasteiger partial charge in [0.05, 0.1) is 0 Å². The molecule has 0 aliphatic heterocycles. The molecule has 2 aromatic rings. The lowest BCUT2D eigenvalue weighted by Gasteiger charge is -2.06. The number of halogens is 2. The smallest absolute Gasteiger partial charge is 0.255 e. The Morgan fingerprint density at radius 3 is 2.50 bits per heavy atom. The van der Waals surface area contributed by atoms with Gasteiger partial charge in [0.15, 0.2) is 6.61 Å². The SMILES string of the molecule is NC(=O)COc1ccc(NC(=O)/C=C/c2cc(Cl)ccc2Cl)cc1. The molecule has 7 heteroatoms. The fourth-order valence-corrected chi connectivity index (χ4v) is 2.14. The maximum absolute atomic E-state index is 11.9. The quantitative estimate of drug-likeness (QED) is 0.769. The van der Waals surface area contributed by atoms with Crippen LogP contribution in [0.3, 0.4) is 0 Å². The molecule has 0 fully saturated rings. The van der Waals surface area contributed by atoms with Crippen LogP contribution in [-0.2, 0) is 9.59 Å². The van der Waals surface area contributed by atoms with E-state index in [1.165, 1.54) is 6.08 Å². The molecule has 0 unspecified atom stereocenters. The van der Waals surface area contributed by atoms with Crippen LogP contribution in [0.25, 0.3) is 6.08 Å². The van der Waals surface area contributed by atoms with E-state index in [1.807, 2.05) is 0 Å². The Morgan fingerprint density at radius 2 is 1.83 bits per heavy atom. The zero-order valence-corrected chi connectivity index (χ0v) is 14.0. The summed E-state index contributed by atoms with van der Waals surface area (Å²) in [5, 5.41) is 3.72. The fraction of sp³-hybridized carbons (Fsp3) is 0.0588. The Morgan fingerprint density at radius 1 is 1.12 bits per heavy atom. The lowest BCUT2D eigenvalue weighted by molar-refractivity contribution is -0.120. The second-order valence-corrected chi connectivity index (χ2v) is 5.61. The lowest BCUT2D eigenvalue weighted by atomic mass is 10.2. The number of hydrogen-bond donors (Lipinski definition) is 2. The summed E-state index contributed by atoms with van der Waals surface area (Å²) >= 11 is 11.9. The van der Waals surface area contributed by atoms with Crippen molar-refractivity contribution >= 4 is 46.8 Å². The number of primary amides is 1. The summed E-state index contributed by atoms with van der Waals surface area (Å²) in [6, 6.07) is 11.5. The molecule has 2 aromatic carbocycles. The van der Waals surface area contributed by atoms with Gasteiger partial charge < -0.3 is 15.8 Å². The van der Waals surface area contributed by atoms with Gasteiger partial charge in [-0.3, -0.25) is 9.59 Å². The van der Waals surface area contributed by atoms with E-state index in [-0.39, 0.29) is 12.5 Å². The molecule has 0 aliphatic rings. The maximum Gasteiger partial charge on any atom is 0.255 e. The van der Waals surface area contributed by atoms with Gasteiger partial charge in [0, 0.05) is 21.8 Å². The summed E-state index contributed by atoms with van der Waals surface area (Å²) in [6.45, 7) is -0.200. The number of nitrogens with two attached hydrogens (primary N) is 1. The Labute approximate surface area is 149 Å². The van der Waals surface area contributed by atoms with Crippen molar-refractivity contribution < 1.29 is 14.3 Å². The van der Waals surface area contributed by atoms with Crippen LogP contribution in [0, 0.1) is 0 Å². The monoisotopic (exact) mass is 364 g/mol. The van der Waals surface area contributed by atoms with Crippen molar-refractivity contribution in [2.45, 2.75) is 0 Å². The number of carbonyl (C=O) groups is 2. The zero-order valence-electron chi connectivity index (χ0n) is 12.5. The van der Waals surface area contributed by atoms with Gasteiger partial charge in [-0.25, -0.2) is 0 Å². The maximum atomic E-state index is 11.9. The molecule has 0 saturated carbocycles. The molecule has 0 radical (unpaired) electrons. The summed E-state index contributed by atoms with van der Waals surface area (Å²) < 4.78 is 5.13. The second kappa shape index (κ2) is 8.38. The van der Waals surface area contributed by atoms with Gasteiger partial charge in [0.1, 0.15) is 5.75 Å². The lowest BCUT2D eigenvalue weighted by Crippen LogP contribution is -2.20. The van der Waals surface area contributed by atoms with Crippen molar-refractivity contribution in [3.05, 3.63) is 64.1 Å². The number of carbonyl (C=O) groups excluding carboxylic acids is 2. The number of ether oxygens (including phenoxy) is 1. The van der Waals surface area contributed by atoms with E-state index in [1.54, 1.807) is 48.5 Å². The molecule has 0 bridgehead atoms. The number of benzene rings is 2. The predicted octanol–water partition coefficient (Wildman–Crippen LogP) is 3.51. The number of rotatable bonds is 6. The first-order chi connectivity index (χ1) is 11.4. The fourth-order valence-electron chi connectivity index (χ4n) is 1.78. The van der Waals surface area contributed by atoms with E-state index in [2.05, 4.69) is 5.32 Å². The van der Waals surface area contributed by atoms with Gasteiger partial charge in [0.2, 0.25) is 5.91 Å². The highest BCUT2D eigenvalue weighted by molar-refractivity contribution is 6.34. The Bertz CT molecular complexity index is 774. The van der Waals surface area contributed by atoms with Gasteiger partial charge >= 0.3 is 0 Å². The van der Waals surface area contributed by atoms with E-state index in [9.17, 15) is 9.59 Å². The summed E-state index contributed by atoms with van der Waals surface area (Å²) in [4.78, 5) is 22.5. The van der Waals surface area contributed by atoms with Gasteiger partial charge in [0.25, 0.3) is 5.91 Å². The predicted molar refractivity (Wildman–Crippen MR) is 95.3 cm³/mol. The highest BCUT2D eigenvalue weighted by Crippen LogP contribution is 2.22. The van der Waals surface area contributed by atoms with Crippen molar-refractivity contribution in [2.24, 2.45) is 5.73 Å². The normalized spacial score (nSPS) is 10.6. The molecule has 0 spiro atoms. The van der Waals surface area contributed by atoms with Crippen LogP contribution >= 0.6 is 23.2 Å². The average molecular weight is 365 g/mol. The molecule has 2 amide bonds. The van der Waals surface area contributed by atoms with E-state index in [0.717, 1.165) is 0 Å². The third kappa shape index (κ3) is 5.61. The van der Waals surface area contributed by atoms with Crippen molar-refractivity contribution in [2.75, 3.05) is 11.9 Å². The van der Waals surface area contributed by atoms with Crippen LogP contribution in [0.5, 0.6) is 5.75 Å². The Hall–Kier alpha value is -2.50. The minimum atomic E-state index is -0.558. The summed E-state index contributed by atoms with van der Waals surface area (Å²) in [5.41, 5.74) is 6.22. The molecule has 0 saturated heterocycles. The molecule has 0 aliphatic carbocycles. The summed E-state index contributed by atoms with van der Waals surface area (Å²) in [5.74, 6) is -0.401. The first-order valence-corrected chi connectivity index (χ1v) is 7.65. The molecule has 3 N–H and O–H groups in total. The van der Waals surface area contributed by atoms with E-state index >= 15 is 0 Å². The van der Waals surface area contributed by atoms with Crippen LogP contribution in [-0.4, -0.2) is 18.4 Å². The summed E-state index contributed by atoms with van der Waals surface area (Å²) in [7, 11) is 0. The highest BCUT2D eigenvalue weighted by atomic mass is 35.5. The zero-order chi connectivity index (χ0) is 17.5. The molecule has 5 nitrogen and oxygen atoms in total. The second-order valence-electron chi connectivity index (χ2n) is 4.77. The molecule has 124 valence electrons.